The third kappa shape index (κ3) is 2.75. The molecule has 1 aliphatic rings. The second-order valence-electron chi connectivity index (χ2n) is 6.11. The number of nitrogens with one attached hydrogen (secondary N) is 1. The van der Waals surface area contributed by atoms with Crippen molar-refractivity contribution in [3.05, 3.63) is 29.3 Å². The van der Waals surface area contributed by atoms with E-state index in [1.807, 2.05) is 12.1 Å². The molecule has 1 N–H and O–H groups in total. The highest BCUT2D eigenvalue weighted by atomic mass is 35.5. The Labute approximate surface area is 109 Å². The van der Waals surface area contributed by atoms with Gasteiger partial charge in [-0.2, -0.15) is 0 Å². The van der Waals surface area contributed by atoms with Gasteiger partial charge in [0, 0.05) is 34.9 Å². The number of rotatable bonds is 1. The lowest BCUT2D eigenvalue weighted by Gasteiger charge is -2.51. The quantitative estimate of drug-likeness (QED) is 0.825. The minimum Gasteiger partial charge on any atom is -0.363 e. The fourth-order valence-electron chi connectivity index (χ4n) is 2.28. The van der Waals surface area contributed by atoms with E-state index in [9.17, 15) is 0 Å². The van der Waals surface area contributed by atoms with Crippen LogP contribution in [0.4, 0.5) is 5.69 Å². The zero-order valence-electron chi connectivity index (χ0n) is 11.0. The molecule has 2 rings (SSSR count). The Morgan fingerprint density at radius 1 is 1.12 bits per heavy atom. The molecule has 17 heavy (non-hydrogen) atoms. The van der Waals surface area contributed by atoms with Crippen LogP contribution >= 0.6 is 11.6 Å². The Morgan fingerprint density at radius 3 is 2.29 bits per heavy atom. The van der Waals surface area contributed by atoms with Gasteiger partial charge in [-0.15, -0.1) is 0 Å². The predicted molar refractivity (Wildman–Crippen MR) is 75.0 cm³/mol. The molecule has 0 atom stereocenters. The highest BCUT2D eigenvalue weighted by Crippen LogP contribution is 2.30. The zero-order chi connectivity index (χ0) is 12.7. The van der Waals surface area contributed by atoms with Gasteiger partial charge in [0.15, 0.2) is 0 Å². The molecule has 1 fully saturated rings. The van der Waals surface area contributed by atoms with Crippen molar-refractivity contribution < 1.29 is 0 Å². The van der Waals surface area contributed by atoms with Gasteiger partial charge in [-0.05, 0) is 52.0 Å². The van der Waals surface area contributed by atoms with Crippen molar-refractivity contribution in [2.24, 2.45) is 0 Å². The van der Waals surface area contributed by atoms with E-state index in [0.29, 0.717) is 0 Å². The lowest BCUT2D eigenvalue weighted by atomic mass is 9.91. The normalized spacial score (nSPS) is 22.5. The number of halogens is 1. The van der Waals surface area contributed by atoms with Crippen LogP contribution in [0.1, 0.15) is 27.7 Å². The van der Waals surface area contributed by atoms with Gasteiger partial charge in [0.05, 0.1) is 0 Å². The summed E-state index contributed by atoms with van der Waals surface area (Å²) >= 11 is 5.95. The van der Waals surface area contributed by atoms with E-state index in [0.717, 1.165) is 18.1 Å². The first kappa shape index (κ1) is 12.7. The molecule has 2 nitrogen and oxygen atoms in total. The second kappa shape index (κ2) is 4.18. The summed E-state index contributed by atoms with van der Waals surface area (Å²) in [5.74, 6) is 0. The van der Waals surface area contributed by atoms with E-state index in [4.69, 9.17) is 11.6 Å². The van der Waals surface area contributed by atoms with E-state index in [1.165, 1.54) is 5.69 Å². The van der Waals surface area contributed by atoms with E-state index in [2.05, 4.69) is 50.0 Å². The number of nitrogens with zero attached hydrogens (tertiary/aromatic N) is 1. The summed E-state index contributed by atoms with van der Waals surface area (Å²) in [4.78, 5) is 2.46. The van der Waals surface area contributed by atoms with Gasteiger partial charge in [0.1, 0.15) is 0 Å². The van der Waals surface area contributed by atoms with Crippen molar-refractivity contribution in [1.82, 2.24) is 5.32 Å². The molecule has 0 radical (unpaired) electrons. The predicted octanol–water partition coefficient (Wildman–Crippen LogP) is 3.31. The molecule has 0 amide bonds. The summed E-state index contributed by atoms with van der Waals surface area (Å²) in [5.41, 5.74) is 1.52. The SMILES string of the molecule is CC1(C)CN(c2ccc(Cl)cc2)C(C)(C)CN1. The third-order valence-electron chi connectivity index (χ3n) is 3.42. The van der Waals surface area contributed by atoms with Crippen LogP contribution in [0.5, 0.6) is 0 Å². The minimum absolute atomic E-state index is 0.128. The topological polar surface area (TPSA) is 15.3 Å². The molecule has 94 valence electrons. The lowest BCUT2D eigenvalue weighted by molar-refractivity contribution is 0.261. The molecule has 0 saturated carbocycles. The highest BCUT2D eigenvalue weighted by Gasteiger charge is 2.37. The van der Waals surface area contributed by atoms with Crippen molar-refractivity contribution in [3.63, 3.8) is 0 Å². The smallest absolute Gasteiger partial charge is 0.0471 e. The van der Waals surface area contributed by atoms with Crippen LogP contribution in [0.25, 0.3) is 0 Å². The van der Waals surface area contributed by atoms with Gasteiger partial charge in [-0.3, -0.25) is 0 Å². The molecule has 1 saturated heterocycles. The number of benzene rings is 1. The number of anilines is 1. The van der Waals surface area contributed by atoms with Crippen molar-refractivity contribution in [1.29, 1.82) is 0 Å². The van der Waals surface area contributed by atoms with Crippen LogP contribution in [0.2, 0.25) is 5.02 Å². The molecule has 1 aliphatic heterocycles. The average molecular weight is 253 g/mol. The Bertz CT molecular complexity index is 395. The first-order valence-corrected chi connectivity index (χ1v) is 6.46. The van der Waals surface area contributed by atoms with Crippen LogP contribution in [0, 0.1) is 0 Å². The standard InChI is InChI=1S/C14H21ClN2/c1-13(2)10-17(14(3,4)9-16-13)12-7-5-11(15)6-8-12/h5-8,16H,9-10H2,1-4H3. The minimum atomic E-state index is 0.128. The lowest BCUT2D eigenvalue weighted by Crippen LogP contribution is -2.66. The molecular formula is C14H21ClN2. The van der Waals surface area contributed by atoms with Gasteiger partial charge in [-0.1, -0.05) is 11.6 Å². The molecule has 3 heteroatoms. The molecule has 0 bridgehead atoms. The Hall–Kier alpha value is -0.730. The summed E-state index contributed by atoms with van der Waals surface area (Å²) < 4.78 is 0. The van der Waals surface area contributed by atoms with E-state index in [-0.39, 0.29) is 11.1 Å². The van der Waals surface area contributed by atoms with Gasteiger partial charge in [0.25, 0.3) is 0 Å². The van der Waals surface area contributed by atoms with Crippen molar-refractivity contribution >= 4 is 17.3 Å². The first-order chi connectivity index (χ1) is 7.80. The first-order valence-electron chi connectivity index (χ1n) is 6.08. The zero-order valence-corrected chi connectivity index (χ0v) is 11.8. The third-order valence-corrected chi connectivity index (χ3v) is 3.67. The monoisotopic (exact) mass is 252 g/mol. The van der Waals surface area contributed by atoms with E-state index >= 15 is 0 Å². The van der Waals surface area contributed by atoms with Gasteiger partial charge in [-0.25, -0.2) is 0 Å². The largest absolute Gasteiger partial charge is 0.363 e. The van der Waals surface area contributed by atoms with Crippen molar-refractivity contribution in [2.45, 2.75) is 38.8 Å². The van der Waals surface area contributed by atoms with Crippen LogP contribution in [0.3, 0.4) is 0 Å². The molecule has 0 unspecified atom stereocenters. The Morgan fingerprint density at radius 2 is 1.71 bits per heavy atom. The van der Waals surface area contributed by atoms with Crippen molar-refractivity contribution in [2.75, 3.05) is 18.0 Å². The van der Waals surface area contributed by atoms with Gasteiger partial charge < -0.3 is 10.2 Å². The summed E-state index contributed by atoms with van der Waals surface area (Å²) in [6, 6.07) is 8.13. The van der Waals surface area contributed by atoms with Gasteiger partial charge in [0.2, 0.25) is 0 Å². The number of piperazine rings is 1. The number of hydrogen-bond donors (Lipinski definition) is 1. The summed E-state index contributed by atoms with van der Waals surface area (Å²) in [7, 11) is 0. The van der Waals surface area contributed by atoms with Crippen molar-refractivity contribution in [3.8, 4) is 0 Å². The summed E-state index contributed by atoms with van der Waals surface area (Å²) in [6.45, 7) is 11.0. The maximum Gasteiger partial charge on any atom is 0.0471 e. The van der Waals surface area contributed by atoms with E-state index < -0.39 is 0 Å². The molecule has 0 aliphatic carbocycles. The second-order valence-corrected chi connectivity index (χ2v) is 6.55. The van der Waals surface area contributed by atoms with Crippen LogP contribution in [-0.2, 0) is 0 Å². The molecule has 0 aromatic heterocycles. The highest BCUT2D eigenvalue weighted by molar-refractivity contribution is 6.30. The Balaban J connectivity index is 2.30. The van der Waals surface area contributed by atoms with E-state index in [1.54, 1.807) is 0 Å². The maximum absolute atomic E-state index is 5.95. The maximum atomic E-state index is 5.95. The Kier molecular flexibility index (Phi) is 3.13. The number of hydrogen-bond acceptors (Lipinski definition) is 2. The fourth-order valence-corrected chi connectivity index (χ4v) is 2.40. The fraction of sp³-hybridized carbons (Fsp3) is 0.571. The summed E-state index contributed by atoms with van der Waals surface area (Å²) in [5, 5.41) is 4.38. The van der Waals surface area contributed by atoms with Crippen LogP contribution in [0.15, 0.2) is 24.3 Å². The van der Waals surface area contributed by atoms with Crippen LogP contribution < -0.4 is 10.2 Å². The molecule has 1 heterocycles. The molecular weight excluding hydrogens is 232 g/mol. The average Bonchev–Trinajstić information content (AvgIpc) is 2.24. The molecule has 1 aromatic carbocycles. The summed E-state index contributed by atoms with van der Waals surface area (Å²) in [6.07, 6.45) is 0. The van der Waals surface area contributed by atoms with Crippen LogP contribution in [-0.4, -0.2) is 24.2 Å². The molecule has 1 aromatic rings. The molecule has 0 spiro atoms. The van der Waals surface area contributed by atoms with Gasteiger partial charge >= 0.3 is 0 Å².